The van der Waals surface area contributed by atoms with Gasteiger partial charge in [0.25, 0.3) is 0 Å². The van der Waals surface area contributed by atoms with Crippen molar-refractivity contribution in [3.8, 4) is 0 Å². The third-order valence-corrected chi connectivity index (χ3v) is 1.66. The van der Waals surface area contributed by atoms with Crippen LogP contribution in [0.5, 0.6) is 0 Å². The summed E-state index contributed by atoms with van der Waals surface area (Å²) < 4.78 is 0. The van der Waals surface area contributed by atoms with Crippen molar-refractivity contribution in [1.29, 1.82) is 0 Å². The van der Waals surface area contributed by atoms with E-state index in [4.69, 9.17) is 0 Å². The monoisotopic (exact) mass is 359 g/mol. The number of benzene rings is 1. The second kappa shape index (κ2) is 21.4. The van der Waals surface area contributed by atoms with E-state index in [9.17, 15) is 0 Å². The van der Waals surface area contributed by atoms with Crippen LogP contribution in [0.4, 0.5) is 5.82 Å². The van der Waals surface area contributed by atoms with Gasteiger partial charge in [-0.25, -0.2) is 6.07 Å². The van der Waals surface area contributed by atoms with Crippen LogP contribution in [-0.2, 0) is 32.7 Å². The van der Waals surface area contributed by atoms with Gasteiger partial charge in [-0.3, -0.25) is 6.07 Å². The topological polar surface area (TPSA) is 25.2 Å². The molecule has 2 rings (SSSR count). The average molecular weight is 359 g/mol. The smallest absolute Gasteiger partial charge is 0 e. The molecule has 113 valence electrons. The zero-order valence-corrected chi connectivity index (χ0v) is 16.9. The van der Waals surface area contributed by atoms with E-state index in [2.05, 4.69) is 22.3 Å². The molecule has 2 nitrogen and oxygen atoms in total. The Morgan fingerprint density at radius 1 is 0.905 bits per heavy atom. The van der Waals surface area contributed by atoms with Crippen LogP contribution in [0, 0.1) is 6.07 Å². The maximum Gasteiger partial charge on any atom is 0 e. The van der Waals surface area contributed by atoms with Gasteiger partial charge in [-0.15, -0.1) is 29.8 Å². The molecular weight excluding hydrogens is 333 g/mol. The molecule has 0 bridgehead atoms. The van der Waals surface area contributed by atoms with E-state index >= 15 is 0 Å². The largest absolute Gasteiger partial charge is 0.353 e. The van der Waals surface area contributed by atoms with E-state index in [1.165, 1.54) is 0 Å². The molecule has 0 fully saturated rings. The summed E-state index contributed by atoms with van der Waals surface area (Å²) in [7, 11) is 0. The molecule has 1 aromatic heterocycles. The van der Waals surface area contributed by atoms with E-state index < -0.39 is 0 Å². The maximum absolute atomic E-state index is 4.06. The Kier molecular flexibility index (Phi) is 25.6. The average Bonchev–Trinajstić information content (AvgIpc) is 2.60. The fourth-order valence-corrected chi connectivity index (χ4v) is 1.01. The summed E-state index contributed by atoms with van der Waals surface area (Å²) in [5.74, 6) is 0.552. The molecule has 0 spiro atoms. The van der Waals surface area contributed by atoms with E-state index in [1.807, 2.05) is 77.9 Å². The van der Waals surface area contributed by atoms with Crippen molar-refractivity contribution in [2.24, 2.45) is 4.99 Å². The van der Waals surface area contributed by atoms with E-state index in [1.54, 1.807) is 12.3 Å². The van der Waals surface area contributed by atoms with Gasteiger partial charge in [0.05, 0.1) is 0 Å². The third kappa shape index (κ3) is 13.9. The molecule has 1 radical (unpaired) electrons. The van der Waals surface area contributed by atoms with Crippen LogP contribution in [0.2, 0.25) is 0 Å². The van der Waals surface area contributed by atoms with Gasteiger partial charge >= 0.3 is 0 Å². The molecule has 0 unspecified atom stereocenters. The molecule has 0 saturated heterocycles. The van der Waals surface area contributed by atoms with Gasteiger partial charge in [0.15, 0.2) is 0 Å². The zero-order chi connectivity index (χ0) is 15.6. The number of rotatable bonds is 2. The van der Waals surface area contributed by atoms with Crippen LogP contribution in [0.15, 0.2) is 53.7 Å². The predicted octanol–water partition coefficient (Wildman–Crippen LogP) is 5.59. The molecule has 0 atom stereocenters. The van der Waals surface area contributed by atoms with Crippen LogP contribution in [0.3, 0.4) is 0 Å². The first kappa shape index (κ1) is 25.1. The molecule has 1 heterocycles. The van der Waals surface area contributed by atoms with E-state index in [-0.39, 0.29) is 32.7 Å². The maximum atomic E-state index is 4.06. The Balaban J connectivity index is -0.000000414. The van der Waals surface area contributed by atoms with Gasteiger partial charge in [-0.05, 0) is 12.0 Å². The summed E-state index contributed by atoms with van der Waals surface area (Å²) in [5, 5.41) is 0. The van der Waals surface area contributed by atoms with Crippen LogP contribution >= 0.6 is 0 Å². The number of aromatic nitrogens is 1. The van der Waals surface area contributed by atoms with Crippen molar-refractivity contribution in [1.82, 2.24) is 4.98 Å². The van der Waals surface area contributed by atoms with Crippen molar-refractivity contribution >= 4 is 12.0 Å². The molecule has 21 heavy (non-hydrogen) atoms. The van der Waals surface area contributed by atoms with Crippen molar-refractivity contribution < 1.29 is 32.7 Å². The standard InChI is InChI=1S/C12H8N2.3C2H6.Y/c1-2-6-11(7-3-1)10-14-12-8-4-5-9-13-12;3*1-2;/h1-7,9H;3*1-2H3;/q-2;;;;. The van der Waals surface area contributed by atoms with Gasteiger partial charge < -0.3 is 9.98 Å². The van der Waals surface area contributed by atoms with Crippen molar-refractivity contribution in [2.45, 2.75) is 41.5 Å². The second-order valence-electron chi connectivity index (χ2n) is 2.69. The summed E-state index contributed by atoms with van der Waals surface area (Å²) in [6.07, 6.45) is 4.57. The summed E-state index contributed by atoms with van der Waals surface area (Å²) in [6, 6.07) is 16.2. The Morgan fingerprint density at radius 2 is 1.48 bits per heavy atom. The summed E-state index contributed by atoms with van der Waals surface area (Å²) in [5.41, 5.74) is 0.937. The SMILES string of the molecule is CC.CC.CC.[C-](=Nc1[c-]cccn1)c1ccccc1.[Y]. The predicted molar refractivity (Wildman–Crippen MR) is 89.8 cm³/mol. The van der Waals surface area contributed by atoms with Gasteiger partial charge in [-0.1, -0.05) is 53.8 Å². The molecule has 0 aliphatic heterocycles. The van der Waals surface area contributed by atoms with Crippen LogP contribution in [0.25, 0.3) is 0 Å². The fraction of sp³-hybridized carbons (Fsp3) is 0.333. The summed E-state index contributed by atoms with van der Waals surface area (Å²) >= 11 is 0. The van der Waals surface area contributed by atoms with Gasteiger partial charge in [0, 0.05) is 32.7 Å². The Hall–Kier alpha value is -0.856. The molecular formula is C18H26N2Y-2. The van der Waals surface area contributed by atoms with Crippen molar-refractivity contribution in [2.75, 3.05) is 0 Å². The molecule has 1 aromatic carbocycles. The second-order valence-corrected chi connectivity index (χ2v) is 2.69. The minimum Gasteiger partial charge on any atom is -0.353 e. The summed E-state index contributed by atoms with van der Waals surface area (Å²) in [4.78, 5) is 8.07. The third-order valence-electron chi connectivity index (χ3n) is 1.66. The molecule has 0 amide bonds. The zero-order valence-electron chi connectivity index (χ0n) is 14.1. The minimum absolute atomic E-state index is 0. The molecule has 0 saturated carbocycles. The Morgan fingerprint density at radius 3 is 1.95 bits per heavy atom. The Labute approximate surface area is 156 Å². The van der Waals surface area contributed by atoms with Gasteiger partial charge in [0.2, 0.25) is 0 Å². The number of aliphatic imine (C=N–C) groups is 1. The quantitative estimate of drug-likeness (QED) is 0.507. The number of hydrogen-bond acceptors (Lipinski definition) is 2. The molecule has 0 aliphatic rings. The summed E-state index contributed by atoms with van der Waals surface area (Å²) in [6.45, 7) is 12.0. The first-order chi connectivity index (χ1) is 9.95. The molecule has 0 aliphatic carbocycles. The molecule has 2 aromatic rings. The van der Waals surface area contributed by atoms with Crippen LogP contribution in [-0.4, -0.2) is 11.2 Å². The number of pyridine rings is 1. The van der Waals surface area contributed by atoms with Gasteiger partial charge in [-0.2, -0.15) is 6.07 Å². The minimum atomic E-state index is 0. The van der Waals surface area contributed by atoms with Crippen LogP contribution < -0.4 is 0 Å². The van der Waals surface area contributed by atoms with E-state index in [0.29, 0.717) is 5.82 Å². The first-order valence-electron chi connectivity index (χ1n) is 7.30. The van der Waals surface area contributed by atoms with E-state index in [0.717, 1.165) is 5.56 Å². The number of hydrogen-bond donors (Lipinski definition) is 0. The Bertz CT molecular complexity index is 372. The number of nitrogens with zero attached hydrogens (tertiary/aromatic N) is 2. The van der Waals surface area contributed by atoms with Crippen molar-refractivity contribution in [3.63, 3.8) is 0 Å². The molecule has 0 N–H and O–H groups in total. The fourth-order valence-electron chi connectivity index (χ4n) is 1.01. The first-order valence-corrected chi connectivity index (χ1v) is 7.30. The molecule has 3 heteroatoms. The van der Waals surface area contributed by atoms with Gasteiger partial charge in [0.1, 0.15) is 0 Å². The van der Waals surface area contributed by atoms with Crippen molar-refractivity contribution in [3.05, 3.63) is 60.3 Å². The van der Waals surface area contributed by atoms with Crippen LogP contribution in [0.1, 0.15) is 47.1 Å². The normalized spacial score (nSPS) is 7.90.